The molecule has 1 fully saturated rings. The maximum atomic E-state index is 10.3. The summed E-state index contributed by atoms with van der Waals surface area (Å²) in [5, 5.41) is 21.6. The van der Waals surface area contributed by atoms with Gasteiger partial charge in [0.15, 0.2) is 5.65 Å². The van der Waals surface area contributed by atoms with Gasteiger partial charge in [0.05, 0.1) is 22.9 Å². The Morgan fingerprint density at radius 2 is 2.07 bits per heavy atom. The summed E-state index contributed by atoms with van der Waals surface area (Å²) >= 11 is 5.25. The molecule has 30 heavy (non-hydrogen) atoms. The highest BCUT2D eigenvalue weighted by atomic mass is 79.9. The highest BCUT2D eigenvalue weighted by molar-refractivity contribution is 9.10. The topological polar surface area (TPSA) is 78.6 Å². The van der Waals surface area contributed by atoms with Crippen LogP contribution in [0.4, 0.5) is 5.82 Å². The largest absolute Gasteiger partial charge is 0.507 e. The van der Waals surface area contributed by atoms with Crippen LogP contribution in [0.15, 0.2) is 52.6 Å². The molecule has 0 saturated carbocycles. The van der Waals surface area contributed by atoms with E-state index in [0.29, 0.717) is 17.3 Å². The van der Waals surface area contributed by atoms with E-state index in [-0.39, 0.29) is 5.75 Å². The molecule has 2 N–H and O–H groups in total. The third kappa shape index (κ3) is 3.92. The lowest BCUT2D eigenvalue weighted by Gasteiger charge is -2.32. The summed E-state index contributed by atoms with van der Waals surface area (Å²) in [6.07, 6.45) is 5.71. The summed E-state index contributed by atoms with van der Waals surface area (Å²) in [6.45, 7) is 2.98. The first-order valence-corrected chi connectivity index (χ1v) is 11.5. The van der Waals surface area contributed by atoms with Crippen molar-refractivity contribution in [2.45, 2.75) is 25.4 Å². The van der Waals surface area contributed by atoms with E-state index >= 15 is 0 Å². The molecule has 0 aliphatic carbocycles. The molecule has 1 aliphatic heterocycles. The Bertz CT molecular complexity index is 1150. The lowest BCUT2D eigenvalue weighted by molar-refractivity contribution is 0.211. The fourth-order valence-electron chi connectivity index (χ4n) is 3.83. The minimum absolute atomic E-state index is 0.214. The number of phenols is 1. The second-order valence-electron chi connectivity index (χ2n) is 7.39. The number of hydrogen-bond acceptors (Lipinski definition) is 7. The monoisotopic (exact) mass is 484 g/mol. The number of nitrogens with one attached hydrogen (secondary N) is 1. The van der Waals surface area contributed by atoms with Gasteiger partial charge in [-0.05, 0) is 40.9 Å². The van der Waals surface area contributed by atoms with Gasteiger partial charge in [0.2, 0.25) is 0 Å². The summed E-state index contributed by atoms with van der Waals surface area (Å²) in [6, 6.07) is 9.58. The van der Waals surface area contributed by atoms with Crippen molar-refractivity contribution in [1.82, 2.24) is 24.5 Å². The van der Waals surface area contributed by atoms with Gasteiger partial charge in [-0.3, -0.25) is 4.90 Å². The van der Waals surface area contributed by atoms with Gasteiger partial charge in [-0.1, -0.05) is 12.1 Å². The molecule has 0 bridgehead atoms. The molecule has 1 aliphatic rings. The first-order valence-electron chi connectivity index (χ1n) is 9.87. The highest BCUT2D eigenvalue weighted by Gasteiger charge is 2.22. The zero-order chi connectivity index (χ0) is 20.5. The Kier molecular flexibility index (Phi) is 5.41. The smallest absolute Gasteiger partial charge is 0.172 e. The van der Waals surface area contributed by atoms with Gasteiger partial charge < -0.3 is 10.4 Å². The molecule has 9 heteroatoms. The number of halogens is 1. The number of aromatic nitrogens is 4. The fourth-order valence-corrected chi connectivity index (χ4v) is 4.84. The molecule has 4 heterocycles. The zero-order valence-electron chi connectivity index (χ0n) is 16.2. The number of hydrogen-bond donors (Lipinski definition) is 2. The molecular weight excluding hydrogens is 464 g/mol. The van der Waals surface area contributed by atoms with Gasteiger partial charge in [-0.25, -0.2) is 9.97 Å². The summed E-state index contributed by atoms with van der Waals surface area (Å²) in [4.78, 5) is 11.6. The number of anilines is 1. The van der Waals surface area contributed by atoms with Crippen molar-refractivity contribution in [2.24, 2.45) is 0 Å². The summed E-state index contributed by atoms with van der Waals surface area (Å²) < 4.78 is 2.64. The number of fused-ring (bicyclic) bond motifs is 1. The molecule has 0 radical (unpaired) electrons. The maximum Gasteiger partial charge on any atom is 0.172 e. The van der Waals surface area contributed by atoms with E-state index in [1.54, 1.807) is 23.6 Å². The van der Waals surface area contributed by atoms with Crippen LogP contribution >= 0.6 is 27.3 Å². The lowest BCUT2D eigenvalue weighted by atomic mass is 10.0. The lowest BCUT2D eigenvalue weighted by Crippen LogP contribution is -2.39. The van der Waals surface area contributed by atoms with Crippen molar-refractivity contribution in [3.63, 3.8) is 0 Å². The molecule has 3 aromatic heterocycles. The number of piperidine rings is 1. The SMILES string of the molecule is Oc1ccccc1-c1cc(NC2CCN(Cc3nccs3)CC2)n2ncc(Br)c2n1. The number of para-hydroxylation sites is 1. The van der Waals surface area contributed by atoms with Gasteiger partial charge in [0, 0.05) is 42.3 Å². The Balaban J connectivity index is 1.37. The van der Waals surface area contributed by atoms with Gasteiger partial charge in [-0.15, -0.1) is 11.3 Å². The molecule has 1 aromatic carbocycles. The Hall–Kier alpha value is -2.49. The van der Waals surface area contributed by atoms with E-state index in [4.69, 9.17) is 4.98 Å². The standard InChI is InChI=1S/C21H21BrN6OS/c22-16-12-24-28-19(11-17(26-21(16)28)15-3-1-2-4-18(15)29)25-14-5-8-27(9-6-14)13-20-23-7-10-30-20/h1-4,7,10-12,14,25,29H,5-6,8-9,13H2. The summed E-state index contributed by atoms with van der Waals surface area (Å²) in [5.74, 6) is 1.09. The molecule has 5 rings (SSSR count). The second kappa shape index (κ2) is 8.33. The first-order chi connectivity index (χ1) is 14.7. The van der Waals surface area contributed by atoms with E-state index in [0.717, 1.165) is 48.4 Å². The van der Waals surface area contributed by atoms with Crippen LogP contribution in [0.3, 0.4) is 0 Å². The van der Waals surface area contributed by atoms with Crippen LogP contribution in [-0.2, 0) is 6.54 Å². The first kappa shape index (κ1) is 19.5. The predicted molar refractivity (Wildman–Crippen MR) is 122 cm³/mol. The summed E-state index contributed by atoms with van der Waals surface area (Å²) in [5.41, 5.74) is 2.14. The van der Waals surface area contributed by atoms with Crippen LogP contribution in [-0.4, -0.2) is 48.7 Å². The van der Waals surface area contributed by atoms with Crippen molar-refractivity contribution in [1.29, 1.82) is 0 Å². The van der Waals surface area contributed by atoms with Crippen LogP contribution in [0.1, 0.15) is 17.8 Å². The van der Waals surface area contributed by atoms with Crippen molar-refractivity contribution in [3.05, 3.63) is 57.6 Å². The average molecular weight is 485 g/mol. The van der Waals surface area contributed by atoms with Gasteiger partial charge in [0.1, 0.15) is 16.6 Å². The molecule has 0 amide bonds. The van der Waals surface area contributed by atoms with E-state index < -0.39 is 0 Å². The number of aromatic hydroxyl groups is 1. The average Bonchev–Trinajstić information content (AvgIpc) is 3.40. The van der Waals surface area contributed by atoms with Crippen molar-refractivity contribution in [3.8, 4) is 17.0 Å². The Labute approximate surface area is 186 Å². The van der Waals surface area contributed by atoms with Gasteiger partial charge >= 0.3 is 0 Å². The number of rotatable bonds is 5. The zero-order valence-corrected chi connectivity index (χ0v) is 18.6. The number of thiazole rings is 1. The molecular formula is C21H21BrN6OS. The highest BCUT2D eigenvalue weighted by Crippen LogP contribution is 2.31. The Morgan fingerprint density at radius 1 is 1.23 bits per heavy atom. The number of benzene rings is 1. The van der Waals surface area contributed by atoms with E-state index in [1.807, 2.05) is 40.4 Å². The van der Waals surface area contributed by atoms with Crippen LogP contribution in [0.2, 0.25) is 0 Å². The number of phenolic OH excluding ortho intramolecular Hbond substituents is 1. The molecule has 0 atom stereocenters. The van der Waals surface area contributed by atoms with Crippen LogP contribution in [0.5, 0.6) is 5.75 Å². The molecule has 0 spiro atoms. The van der Waals surface area contributed by atoms with Gasteiger partial charge in [0.25, 0.3) is 0 Å². The third-order valence-corrected chi connectivity index (χ3v) is 6.71. The predicted octanol–water partition coefficient (Wildman–Crippen LogP) is 4.40. The molecule has 1 saturated heterocycles. The van der Waals surface area contributed by atoms with Crippen LogP contribution in [0, 0.1) is 0 Å². The second-order valence-corrected chi connectivity index (χ2v) is 9.23. The van der Waals surface area contributed by atoms with E-state index in [9.17, 15) is 5.11 Å². The Morgan fingerprint density at radius 3 is 2.83 bits per heavy atom. The van der Waals surface area contributed by atoms with Crippen molar-refractivity contribution < 1.29 is 5.11 Å². The van der Waals surface area contributed by atoms with Crippen LogP contribution < -0.4 is 5.32 Å². The van der Waals surface area contributed by atoms with Crippen molar-refractivity contribution in [2.75, 3.05) is 18.4 Å². The van der Waals surface area contributed by atoms with Crippen LogP contribution in [0.25, 0.3) is 16.9 Å². The van der Waals surface area contributed by atoms with Gasteiger partial charge in [-0.2, -0.15) is 9.61 Å². The molecule has 7 nitrogen and oxygen atoms in total. The third-order valence-electron chi connectivity index (χ3n) is 5.39. The number of nitrogens with zero attached hydrogens (tertiary/aromatic N) is 5. The van der Waals surface area contributed by atoms with Crippen molar-refractivity contribution >= 4 is 38.7 Å². The molecule has 0 unspecified atom stereocenters. The number of likely N-dealkylation sites (tertiary alicyclic amines) is 1. The minimum atomic E-state index is 0.214. The maximum absolute atomic E-state index is 10.3. The fraction of sp³-hybridized carbons (Fsp3) is 0.286. The normalized spacial score (nSPS) is 15.6. The van der Waals surface area contributed by atoms with E-state index in [2.05, 4.69) is 36.2 Å². The minimum Gasteiger partial charge on any atom is -0.507 e. The quantitative estimate of drug-likeness (QED) is 0.437. The molecule has 154 valence electrons. The van der Waals surface area contributed by atoms with E-state index in [1.165, 1.54) is 5.01 Å². The summed E-state index contributed by atoms with van der Waals surface area (Å²) in [7, 11) is 0. The molecule has 4 aromatic rings.